The van der Waals surface area contributed by atoms with E-state index >= 15 is 0 Å². The van der Waals surface area contributed by atoms with E-state index in [9.17, 15) is 88.2 Å². The van der Waals surface area contributed by atoms with Gasteiger partial charge in [-0.1, -0.05) is 41.5 Å². The molecule has 0 rings (SSSR count). The van der Waals surface area contributed by atoms with E-state index in [0.29, 0.717) is 77.0 Å². The maximum atomic E-state index is 10.4. The standard InChI is InChI=1S/6C6H10O3.Sr.Ti/c6*1-2-3-5(7)4-6(8)9;;/h6*2-4H2,1H3,(H,8,9);;/q;;;;;;+2;+4/p-6. The third-order valence-corrected chi connectivity index (χ3v) is 5.22. The van der Waals surface area contributed by atoms with Gasteiger partial charge >= 0.3 is 67.2 Å². The molecule has 0 spiro atoms. The Balaban J connectivity index is -0.0000000817. The third kappa shape index (κ3) is 83.9. The van der Waals surface area contributed by atoms with Crippen LogP contribution in [0.2, 0.25) is 0 Å². The average Bonchev–Trinajstić information content (AvgIpc) is 2.97. The van der Waals surface area contributed by atoms with Gasteiger partial charge in [-0.15, -0.1) is 0 Å². The molecule has 0 radical (unpaired) electrons. The van der Waals surface area contributed by atoms with Crippen LogP contribution in [0.4, 0.5) is 0 Å². The number of hydrogen-bond donors (Lipinski definition) is 0. The zero-order chi connectivity index (χ0) is 43.7. The molecule has 56 heavy (non-hydrogen) atoms. The number of rotatable bonds is 24. The van der Waals surface area contributed by atoms with Crippen molar-refractivity contribution in [3.8, 4) is 0 Å². The van der Waals surface area contributed by atoms with Crippen LogP contribution in [0.25, 0.3) is 0 Å². The van der Waals surface area contributed by atoms with Crippen LogP contribution in [-0.2, 0) is 79.3 Å². The Kier molecular flexibility index (Phi) is 65.8. The van der Waals surface area contributed by atoms with Gasteiger partial charge in [0.15, 0.2) is 0 Å². The summed E-state index contributed by atoms with van der Waals surface area (Å²) in [4.78, 5) is 121. The maximum absolute atomic E-state index is 10.4. The summed E-state index contributed by atoms with van der Waals surface area (Å²) < 4.78 is 0. The van der Waals surface area contributed by atoms with Crippen molar-refractivity contribution in [3.63, 3.8) is 0 Å². The van der Waals surface area contributed by atoms with Crippen molar-refractivity contribution < 1.29 is 110 Å². The molecule has 0 aliphatic heterocycles. The van der Waals surface area contributed by atoms with Gasteiger partial charge in [-0.3, -0.25) is 28.8 Å². The van der Waals surface area contributed by atoms with E-state index in [2.05, 4.69) is 0 Å². The van der Waals surface area contributed by atoms with E-state index in [4.69, 9.17) is 0 Å². The van der Waals surface area contributed by atoms with Crippen LogP contribution in [0.5, 0.6) is 0 Å². The fourth-order valence-electron chi connectivity index (χ4n) is 3.17. The quantitative estimate of drug-likeness (QED) is 0.0672. The first kappa shape index (κ1) is 70.8. The molecule has 0 aliphatic carbocycles. The first-order valence-electron chi connectivity index (χ1n) is 17.3. The van der Waals surface area contributed by atoms with Crippen molar-refractivity contribution in [1.29, 1.82) is 0 Å². The summed E-state index contributed by atoms with van der Waals surface area (Å²) >= 11 is 0. The Hall–Kier alpha value is -2.97. The number of Topliss-reactive ketones (excluding diaryl/α,β-unsaturated/α-hetero) is 6. The Morgan fingerprint density at radius 1 is 0.268 bits per heavy atom. The van der Waals surface area contributed by atoms with Gasteiger partial charge in [0, 0.05) is 113 Å². The molecule has 0 atom stereocenters. The smallest absolute Gasteiger partial charge is 0.550 e. The van der Waals surface area contributed by atoms with Crippen molar-refractivity contribution in [3.05, 3.63) is 0 Å². The largest absolute Gasteiger partial charge is 4.00 e. The van der Waals surface area contributed by atoms with Crippen LogP contribution in [0.1, 0.15) is 157 Å². The molecule has 0 aromatic carbocycles. The summed E-state index contributed by atoms with van der Waals surface area (Å²) in [5, 5.41) is 58.5. The number of carbonyl (C=O) groups excluding carboxylic acids is 12. The number of aliphatic carboxylic acids is 6. The van der Waals surface area contributed by atoms with Crippen LogP contribution in [0.15, 0.2) is 0 Å². The minimum absolute atomic E-state index is 0. The summed E-state index contributed by atoms with van der Waals surface area (Å²) in [7, 11) is 0. The molecule has 0 unspecified atom stereocenters. The second-order valence-corrected chi connectivity index (χ2v) is 11.0. The Bertz CT molecular complexity index is 952. The summed E-state index contributed by atoms with van der Waals surface area (Å²) in [5.41, 5.74) is 0. The zero-order valence-electron chi connectivity index (χ0n) is 33.3. The summed E-state index contributed by atoms with van der Waals surface area (Å²) in [5.74, 6) is -9.22. The molecule has 0 amide bonds. The van der Waals surface area contributed by atoms with Gasteiger partial charge < -0.3 is 59.4 Å². The van der Waals surface area contributed by atoms with Crippen molar-refractivity contribution in [2.45, 2.75) is 157 Å². The molecule has 18 nitrogen and oxygen atoms in total. The monoisotopic (exact) mass is 910 g/mol. The minimum atomic E-state index is -1.28. The van der Waals surface area contributed by atoms with Gasteiger partial charge in [-0.05, 0) is 38.5 Å². The van der Waals surface area contributed by atoms with Crippen LogP contribution in [0, 0.1) is 0 Å². The van der Waals surface area contributed by atoms with Gasteiger partial charge in [0.25, 0.3) is 0 Å². The van der Waals surface area contributed by atoms with Gasteiger partial charge in [-0.2, -0.15) is 0 Å². The summed E-state index contributed by atoms with van der Waals surface area (Å²) in [6.07, 6.45) is 3.63. The van der Waals surface area contributed by atoms with E-state index in [1.807, 2.05) is 41.5 Å². The van der Waals surface area contributed by atoms with Crippen LogP contribution in [-0.4, -0.2) is 116 Å². The molecule has 0 heterocycles. The normalized spacial score (nSPS) is 8.68. The number of hydrogen-bond acceptors (Lipinski definition) is 18. The molecule has 0 aromatic rings. The summed E-state index contributed by atoms with van der Waals surface area (Å²) in [6, 6.07) is 0. The zero-order valence-corrected chi connectivity index (χ0v) is 38.3. The predicted octanol–water partition coefficient (Wildman–Crippen LogP) is -3.41. The van der Waals surface area contributed by atoms with E-state index in [1.54, 1.807) is 0 Å². The predicted molar refractivity (Wildman–Crippen MR) is 183 cm³/mol. The number of carboxylic acid groups (broad SMARTS) is 6. The van der Waals surface area contributed by atoms with Gasteiger partial charge in [0.1, 0.15) is 34.7 Å². The Labute approximate surface area is 380 Å². The number of carboxylic acids is 6. The van der Waals surface area contributed by atoms with E-state index < -0.39 is 74.3 Å². The molecular weight excluding hydrogens is 856 g/mol. The van der Waals surface area contributed by atoms with E-state index in [1.165, 1.54) is 0 Å². The third-order valence-electron chi connectivity index (χ3n) is 5.22. The number of ketones is 6. The average molecular weight is 910 g/mol. The van der Waals surface area contributed by atoms with Crippen molar-refractivity contribution in [2.24, 2.45) is 0 Å². The summed E-state index contributed by atoms with van der Waals surface area (Å²) in [6.45, 7) is 11.0. The molecule has 0 saturated carbocycles. The van der Waals surface area contributed by atoms with Crippen LogP contribution >= 0.6 is 0 Å². The molecule has 312 valence electrons. The van der Waals surface area contributed by atoms with E-state index in [0.717, 1.165) is 0 Å². The molecule has 0 saturated heterocycles. The molecule has 0 N–H and O–H groups in total. The van der Waals surface area contributed by atoms with Crippen LogP contribution in [0.3, 0.4) is 0 Å². The van der Waals surface area contributed by atoms with Gasteiger partial charge in [0.2, 0.25) is 0 Å². The fraction of sp³-hybridized carbons (Fsp3) is 0.667. The second-order valence-electron chi connectivity index (χ2n) is 11.0. The van der Waals surface area contributed by atoms with Crippen molar-refractivity contribution >= 4 is 116 Å². The first-order chi connectivity index (χ1) is 25.0. The number of carbonyl (C=O) groups is 12. The van der Waals surface area contributed by atoms with Crippen molar-refractivity contribution in [2.75, 3.05) is 0 Å². The maximum Gasteiger partial charge on any atom is 4.00 e. The molecule has 0 bridgehead atoms. The Morgan fingerprint density at radius 3 is 0.411 bits per heavy atom. The molecule has 0 fully saturated rings. The molecular formula is C36H54O18SrTi. The second kappa shape index (κ2) is 52.0. The molecule has 20 heteroatoms. The first-order valence-corrected chi connectivity index (χ1v) is 17.3. The Morgan fingerprint density at radius 2 is 0.357 bits per heavy atom. The van der Waals surface area contributed by atoms with Gasteiger partial charge in [-0.25, -0.2) is 0 Å². The fourth-order valence-corrected chi connectivity index (χ4v) is 3.17. The van der Waals surface area contributed by atoms with Crippen molar-refractivity contribution in [1.82, 2.24) is 0 Å². The topological polar surface area (TPSA) is 343 Å². The minimum Gasteiger partial charge on any atom is -0.550 e. The molecule has 0 aliphatic rings. The van der Waals surface area contributed by atoms with Crippen LogP contribution < -0.4 is 30.6 Å². The van der Waals surface area contributed by atoms with E-state index in [-0.39, 0.29) is 102 Å². The van der Waals surface area contributed by atoms with Gasteiger partial charge in [0.05, 0.1) is 0 Å². The molecule has 0 aromatic heterocycles. The SMILES string of the molecule is CCCC(=O)CC(=O)[O-].CCCC(=O)CC(=O)[O-].CCCC(=O)CC(=O)[O-].CCCC(=O)CC(=O)[O-].CCCC(=O)CC(=O)[O-].CCCC(=O)CC(=O)[O-].[Sr+2].[Ti+4].